The molecule has 0 spiro atoms. The molecule has 0 aliphatic heterocycles. The summed E-state index contributed by atoms with van der Waals surface area (Å²) in [6.07, 6.45) is 3.73. The third-order valence-corrected chi connectivity index (χ3v) is 4.41. The molecule has 1 saturated carbocycles. The molecule has 2 aromatic rings. The summed E-state index contributed by atoms with van der Waals surface area (Å²) in [7, 11) is 0. The van der Waals surface area contributed by atoms with Crippen molar-refractivity contribution in [3.8, 4) is 0 Å². The smallest absolute Gasteiger partial charge is 0.140 e. The van der Waals surface area contributed by atoms with Crippen molar-refractivity contribution in [2.45, 2.75) is 35.3 Å². The number of halogens is 3. The molecule has 1 aliphatic rings. The first-order chi connectivity index (χ1) is 10.1. The Hall–Kier alpha value is -1.17. The number of aromatic nitrogens is 1. The second-order valence-electron chi connectivity index (χ2n) is 4.96. The Morgan fingerprint density at radius 1 is 1.24 bits per heavy atom. The van der Waals surface area contributed by atoms with Crippen molar-refractivity contribution in [3.63, 3.8) is 0 Å². The minimum atomic E-state index is -0.565. The van der Waals surface area contributed by atoms with E-state index in [4.69, 9.17) is 11.6 Å². The van der Waals surface area contributed by atoms with Crippen LogP contribution in [0, 0.1) is 11.6 Å². The third kappa shape index (κ3) is 3.93. The number of benzene rings is 1. The molecule has 21 heavy (non-hydrogen) atoms. The molecule has 1 fully saturated rings. The lowest BCUT2D eigenvalue weighted by Crippen LogP contribution is -2.15. The van der Waals surface area contributed by atoms with Crippen LogP contribution in [0.15, 0.2) is 40.4 Å². The van der Waals surface area contributed by atoms with Crippen molar-refractivity contribution in [1.29, 1.82) is 0 Å². The van der Waals surface area contributed by atoms with Gasteiger partial charge in [-0.3, -0.25) is 0 Å². The van der Waals surface area contributed by atoms with E-state index in [1.807, 2.05) is 0 Å². The van der Waals surface area contributed by atoms with E-state index < -0.39 is 11.6 Å². The van der Waals surface area contributed by atoms with Gasteiger partial charge in [0.15, 0.2) is 0 Å². The van der Waals surface area contributed by atoms with E-state index >= 15 is 0 Å². The van der Waals surface area contributed by atoms with Crippen LogP contribution < -0.4 is 5.32 Å². The van der Waals surface area contributed by atoms with E-state index in [9.17, 15) is 8.78 Å². The number of rotatable bonds is 5. The van der Waals surface area contributed by atoms with Gasteiger partial charge in [-0.05, 0) is 42.7 Å². The zero-order valence-electron chi connectivity index (χ0n) is 11.1. The maximum Gasteiger partial charge on any atom is 0.140 e. The Bertz CT molecular complexity index is 622. The lowest BCUT2D eigenvalue weighted by Gasteiger charge is -2.08. The van der Waals surface area contributed by atoms with E-state index in [1.54, 1.807) is 12.1 Å². The predicted octanol–water partition coefficient (Wildman–Crippen LogP) is 4.42. The minimum absolute atomic E-state index is 0.0417. The van der Waals surface area contributed by atoms with Crippen LogP contribution >= 0.6 is 23.4 Å². The SMILES string of the molecule is Fc1cc(CNC2CC2)cc(F)c1Sc1ccc(Cl)cn1. The van der Waals surface area contributed by atoms with E-state index in [2.05, 4.69) is 10.3 Å². The van der Waals surface area contributed by atoms with E-state index in [0.717, 1.165) is 24.6 Å². The topological polar surface area (TPSA) is 24.9 Å². The average molecular weight is 327 g/mol. The molecule has 3 rings (SSSR count). The van der Waals surface area contributed by atoms with E-state index in [0.29, 0.717) is 28.2 Å². The van der Waals surface area contributed by atoms with Crippen LogP contribution in [0.1, 0.15) is 18.4 Å². The summed E-state index contributed by atoms with van der Waals surface area (Å²) < 4.78 is 28.1. The minimum Gasteiger partial charge on any atom is -0.310 e. The fourth-order valence-corrected chi connectivity index (χ4v) is 2.76. The molecule has 1 aromatic heterocycles. The first kappa shape index (κ1) is 14.8. The third-order valence-electron chi connectivity index (χ3n) is 3.14. The quantitative estimate of drug-likeness (QED) is 0.880. The summed E-state index contributed by atoms with van der Waals surface area (Å²) in [5.41, 5.74) is 0.616. The second-order valence-corrected chi connectivity index (χ2v) is 6.43. The van der Waals surface area contributed by atoms with Gasteiger partial charge in [-0.25, -0.2) is 13.8 Å². The van der Waals surface area contributed by atoms with Crippen LogP contribution in [0.4, 0.5) is 8.78 Å². The molecule has 1 aliphatic carbocycles. The van der Waals surface area contributed by atoms with Crippen molar-refractivity contribution in [1.82, 2.24) is 10.3 Å². The number of hydrogen-bond donors (Lipinski definition) is 1. The molecule has 0 amide bonds. The van der Waals surface area contributed by atoms with Crippen LogP contribution in [0.3, 0.4) is 0 Å². The van der Waals surface area contributed by atoms with Crippen molar-refractivity contribution in [2.75, 3.05) is 0 Å². The van der Waals surface area contributed by atoms with Gasteiger partial charge in [-0.15, -0.1) is 0 Å². The fraction of sp³-hybridized carbons (Fsp3) is 0.267. The van der Waals surface area contributed by atoms with Gasteiger partial charge in [-0.2, -0.15) is 0 Å². The van der Waals surface area contributed by atoms with Crippen molar-refractivity contribution in [3.05, 3.63) is 52.7 Å². The molecule has 0 bridgehead atoms. The Morgan fingerprint density at radius 2 is 1.95 bits per heavy atom. The summed E-state index contributed by atoms with van der Waals surface area (Å²) in [6.45, 7) is 0.489. The van der Waals surface area contributed by atoms with Crippen molar-refractivity contribution >= 4 is 23.4 Å². The summed E-state index contributed by atoms with van der Waals surface area (Å²) in [4.78, 5) is 3.99. The molecule has 6 heteroatoms. The normalized spacial score (nSPS) is 14.4. The van der Waals surface area contributed by atoms with Crippen LogP contribution in [0.2, 0.25) is 5.02 Å². The van der Waals surface area contributed by atoms with Gasteiger partial charge in [-0.1, -0.05) is 23.4 Å². The highest BCUT2D eigenvalue weighted by Crippen LogP contribution is 2.32. The fourth-order valence-electron chi connectivity index (χ4n) is 1.89. The summed E-state index contributed by atoms with van der Waals surface area (Å²) in [5.74, 6) is -1.13. The maximum atomic E-state index is 14.1. The number of nitrogens with one attached hydrogen (secondary N) is 1. The Balaban J connectivity index is 1.76. The zero-order chi connectivity index (χ0) is 14.8. The molecule has 1 aromatic carbocycles. The lowest BCUT2D eigenvalue weighted by atomic mass is 10.2. The monoisotopic (exact) mass is 326 g/mol. The first-order valence-electron chi connectivity index (χ1n) is 6.62. The summed E-state index contributed by atoms with van der Waals surface area (Å²) in [6, 6.07) is 6.52. The molecule has 110 valence electrons. The highest BCUT2D eigenvalue weighted by Gasteiger charge is 2.20. The molecular formula is C15H13ClF2N2S. The highest BCUT2D eigenvalue weighted by atomic mass is 35.5. The molecule has 1 heterocycles. The van der Waals surface area contributed by atoms with Crippen molar-refractivity contribution < 1.29 is 8.78 Å². The molecule has 0 atom stereocenters. The molecular weight excluding hydrogens is 314 g/mol. The van der Waals surface area contributed by atoms with Gasteiger partial charge in [0.05, 0.1) is 9.92 Å². The van der Waals surface area contributed by atoms with Gasteiger partial charge < -0.3 is 5.32 Å². The Kier molecular flexibility index (Phi) is 4.42. The Labute approximate surface area is 130 Å². The number of nitrogens with zero attached hydrogens (tertiary/aromatic N) is 1. The summed E-state index contributed by atoms with van der Waals surface area (Å²) >= 11 is 6.69. The average Bonchev–Trinajstić information content (AvgIpc) is 3.27. The number of hydrogen-bond acceptors (Lipinski definition) is 3. The first-order valence-corrected chi connectivity index (χ1v) is 7.82. The maximum absolute atomic E-state index is 14.1. The molecule has 1 N–H and O–H groups in total. The molecule has 2 nitrogen and oxygen atoms in total. The predicted molar refractivity (Wildman–Crippen MR) is 79.6 cm³/mol. The van der Waals surface area contributed by atoms with Crippen LogP contribution in [-0.4, -0.2) is 11.0 Å². The van der Waals surface area contributed by atoms with Crippen LogP contribution in [0.25, 0.3) is 0 Å². The van der Waals surface area contributed by atoms with E-state index in [1.165, 1.54) is 18.3 Å². The molecule has 0 radical (unpaired) electrons. The molecule has 0 saturated heterocycles. The zero-order valence-corrected chi connectivity index (χ0v) is 12.6. The highest BCUT2D eigenvalue weighted by molar-refractivity contribution is 7.99. The summed E-state index contributed by atoms with van der Waals surface area (Å²) in [5, 5.41) is 4.22. The van der Waals surface area contributed by atoms with Crippen LogP contribution in [-0.2, 0) is 6.54 Å². The van der Waals surface area contributed by atoms with Gasteiger partial charge >= 0.3 is 0 Å². The van der Waals surface area contributed by atoms with E-state index in [-0.39, 0.29) is 4.90 Å². The van der Waals surface area contributed by atoms with Gasteiger partial charge in [0, 0.05) is 18.8 Å². The largest absolute Gasteiger partial charge is 0.310 e. The lowest BCUT2D eigenvalue weighted by molar-refractivity contribution is 0.534. The standard InChI is InChI=1S/C15H13ClF2N2S/c16-10-1-4-14(20-8-10)21-15-12(17)5-9(6-13(15)18)7-19-11-2-3-11/h1,4-6,8,11,19H,2-3,7H2. The van der Waals surface area contributed by atoms with Crippen molar-refractivity contribution in [2.24, 2.45) is 0 Å². The van der Waals surface area contributed by atoms with Crippen LogP contribution in [0.5, 0.6) is 0 Å². The van der Waals surface area contributed by atoms with Gasteiger partial charge in [0.1, 0.15) is 16.7 Å². The molecule has 0 unspecified atom stereocenters. The van der Waals surface area contributed by atoms with Gasteiger partial charge in [0.2, 0.25) is 0 Å². The second kappa shape index (κ2) is 6.30. The number of pyridine rings is 1. The van der Waals surface area contributed by atoms with Gasteiger partial charge in [0.25, 0.3) is 0 Å². The Morgan fingerprint density at radius 3 is 2.52 bits per heavy atom.